The number of thiophene rings is 1. The third-order valence-corrected chi connectivity index (χ3v) is 7.65. The van der Waals surface area contributed by atoms with Crippen LogP contribution in [-0.2, 0) is 14.8 Å². The lowest BCUT2D eigenvalue weighted by Crippen LogP contribution is -2.55. The molecular formula is C11H13Br2NO4S2. The fourth-order valence-corrected chi connectivity index (χ4v) is 7.57. The molecule has 2 rings (SSSR count). The van der Waals surface area contributed by atoms with Crippen LogP contribution < -0.4 is 4.72 Å². The lowest BCUT2D eigenvalue weighted by molar-refractivity contribution is -0.145. The predicted octanol–water partition coefficient (Wildman–Crippen LogP) is 3.34. The van der Waals surface area contributed by atoms with Crippen LogP contribution >= 0.6 is 43.2 Å². The minimum Gasteiger partial charge on any atom is -0.480 e. The molecule has 112 valence electrons. The minimum atomic E-state index is -3.87. The van der Waals surface area contributed by atoms with Gasteiger partial charge < -0.3 is 5.11 Å². The number of rotatable bonds is 4. The van der Waals surface area contributed by atoms with E-state index in [-0.39, 0.29) is 4.90 Å². The number of sulfonamides is 1. The van der Waals surface area contributed by atoms with Crippen molar-refractivity contribution in [3.05, 3.63) is 13.6 Å². The Morgan fingerprint density at radius 3 is 2.35 bits per heavy atom. The zero-order chi connectivity index (χ0) is 15.0. The van der Waals surface area contributed by atoms with Crippen molar-refractivity contribution in [3.8, 4) is 0 Å². The highest BCUT2D eigenvalue weighted by atomic mass is 79.9. The summed E-state index contributed by atoms with van der Waals surface area (Å²) in [6.07, 6.45) is 3.01. The van der Waals surface area contributed by atoms with Gasteiger partial charge in [-0.1, -0.05) is 19.3 Å². The van der Waals surface area contributed by atoms with Crippen molar-refractivity contribution in [3.63, 3.8) is 0 Å². The van der Waals surface area contributed by atoms with Gasteiger partial charge in [0.2, 0.25) is 10.0 Å². The van der Waals surface area contributed by atoms with Gasteiger partial charge >= 0.3 is 5.97 Å². The lowest BCUT2D eigenvalue weighted by atomic mass is 9.83. The van der Waals surface area contributed by atoms with Crippen LogP contribution in [0.4, 0.5) is 0 Å². The number of halogens is 2. The molecule has 1 aliphatic rings. The molecule has 9 heteroatoms. The summed E-state index contributed by atoms with van der Waals surface area (Å²) in [6, 6.07) is 1.47. The second-order valence-corrected chi connectivity index (χ2v) is 10.1. The highest BCUT2D eigenvalue weighted by Gasteiger charge is 2.43. The van der Waals surface area contributed by atoms with Crippen LogP contribution in [0.15, 0.2) is 18.5 Å². The monoisotopic (exact) mass is 445 g/mol. The van der Waals surface area contributed by atoms with Crippen molar-refractivity contribution in [1.82, 2.24) is 4.72 Å². The summed E-state index contributed by atoms with van der Waals surface area (Å²) in [5.41, 5.74) is -1.38. The standard InChI is InChI=1S/C11H13Br2NO4S2/c12-8-6-7(9(13)19-8)20(17,18)14-11(10(15)16)4-2-1-3-5-11/h6,14H,1-5H2,(H,15,16). The third kappa shape index (κ3) is 3.27. The summed E-state index contributed by atoms with van der Waals surface area (Å²) < 4.78 is 28.4. The molecule has 0 amide bonds. The van der Waals surface area contributed by atoms with Gasteiger partial charge in [0.05, 0.1) is 7.57 Å². The Balaban J connectivity index is 2.35. The topological polar surface area (TPSA) is 83.5 Å². The van der Waals surface area contributed by atoms with E-state index in [1.54, 1.807) is 0 Å². The molecule has 0 aromatic carbocycles. The zero-order valence-corrected chi connectivity index (χ0v) is 15.2. The Hall–Kier alpha value is 0.0400. The average Bonchev–Trinajstić information content (AvgIpc) is 2.70. The van der Waals surface area contributed by atoms with Gasteiger partial charge in [-0.05, 0) is 50.8 Å². The van der Waals surface area contributed by atoms with Crippen molar-refractivity contribution in [2.45, 2.75) is 42.5 Å². The van der Waals surface area contributed by atoms with Crippen molar-refractivity contribution in [2.24, 2.45) is 0 Å². The predicted molar refractivity (Wildman–Crippen MR) is 83.5 cm³/mol. The van der Waals surface area contributed by atoms with Crippen LogP contribution in [0, 0.1) is 0 Å². The average molecular weight is 447 g/mol. The van der Waals surface area contributed by atoms with Gasteiger partial charge in [0, 0.05) is 0 Å². The number of carboxylic acids is 1. The second kappa shape index (κ2) is 6.04. The molecule has 1 aromatic rings. The molecule has 2 N–H and O–H groups in total. The Morgan fingerprint density at radius 2 is 1.90 bits per heavy atom. The van der Waals surface area contributed by atoms with Crippen molar-refractivity contribution < 1.29 is 18.3 Å². The summed E-state index contributed by atoms with van der Waals surface area (Å²) in [4.78, 5) is 11.6. The van der Waals surface area contributed by atoms with Gasteiger partial charge in [-0.15, -0.1) is 11.3 Å². The summed E-state index contributed by atoms with van der Waals surface area (Å²) in [5.74, 6) is -1.11. The maximum absolute atomic E-state index is 12.4. The van der Waals surface area contributed by atoms with Crippen molar-refractivity contribution in [1.29, 1.82) is 0 Å². The van der Waals surface area contributed by atoms with E-state index in [0.29, 0.717) is 33.3 Å². The Kier molecular flexibility index (Phi) is 4.95. The van der Waals surface area contributed by atoms with Gasteiger partial charge in [0.25, 0.3) is 0 Å². The molecule has 1 aromatic heterocycles. The highest BCUT2D eigenvalue weighted by molar-refractivity contribution is 9.12. The van der Waals surface area contributed by atoms with Crippen LogP contribution in [0.1, 0.15) is 32.1 Å². The minimum absolute atomic E-state index is 0.0700. The van der Waals surface area contributed by atoms with Gasteiger partial charge in [0.1, 0.15) is 10.4 Å². The molecule has 1 heterocycles. The molecule has 0 spiro atoms. The maximum Gasteiger partial charge on any atom is 0.324 e. The largest absolute Gasteiger partial charge is 0.480 e. The van der Waals surface area contributed by atoms with E-state index in [4.69, 9.17) is 0 Å². The molecule has 0 unspecified atom stereocenters. The molecule has 0 saturated heterocycles. The molecule has 1 fully saturated rings. The number of aliphatic carboxylic acids is 1. The molecular weight excluding hydrogens is 434 g/mol. The zero-order valence-electron chi connectivity index (χ0n) is 10.4. The summed E-state index contributed by atoms with van der Waals surface area (Å²) >= 11 is 7.65. The van der Waals surface area contributed by atoms with Crippen LogP contribution in [0.3, 0.4) is 0 Å². The first-order valence-electron chi connectivity index (χ1n) is 5.99. The summed E-state index contributed by atoms with van der Waals surface area (Å²) in [5, 5.41) is 9.43. The Bertz CT molecular complexity index is 620. The fraction of sp³-hybridized carbons (Fsp3) is 0.545. The first-order valence-corrected chi connectivity index (χ1v) is 9.88. The molecule has 0 aliphatic heterocycles. The molecule has 5 nitrogen and oxygen atoms in total. The molecule has 20 heavy (non-hydrogen) atoms. The maximum atomic E-state index is 12.4. The van der Waals surface area contributed by atoms with Crippen molar-refractivity contribution in [2.75, 3.05) is 0 Å². The van der Waals surface area contributed by atoms with Crippen LogP contribution in [0.25, 0.3) is 0 Å². The van der Waals surface area contributed by atoms with Crippen LogP contribution in [-0.4, -0.2) is 25.0 Å². The first kappa shape index (κ1) is 16.4. The van der Waals surface area contributed by atoms with Gasteiger partial charge in [-0.2, -0.15) is 4.72 Å². The van der Waals surface area contributed by atoms with E-state index in [1.165, 1.54) is 17.4 Å². The van der Waals surface area contributed by atoms with Gasteiger partial charge in [-0.25, -0.2) is 8.42 Å². The van der Waals surface area contributed by atoms with E-state index in [0.717, 1.165) is 6.42 Å². The Morgan fingerprint density at radius 1 is 1.30 bits per heavy atom. The first-order chi connectivity index (χ1) is 9.27. The summed E-state index contributed by atoms with van der Waals surface area (Å²) in [6.45, 7) is 0. The van der Waals surface area contributed by atoms with Gasteiger partial charge in [0.15, 0.2) is 0 Å². The number of hydrogen-bond donors (Lipinski definition) is 2. The SMILES string of the molecule is O=C(O)C1(NS(=O)(=O)c2cc(Br)sc2Br)CCCCC1. The molecule has 1 saturated carbocycles. The molecule has 0 radical (unpaired) electrons. The normalized spacial score (nSPS) is 18.9. The third-order valence-electron chi connectivity index (χ3n) is 3.36. The molecule has 0 atom stereocenters. The number of carboxylic acid groups (broad SMARTS) is 1. The van der Waals surface area contributed by atoms with Crippen LogP contribution in [0.2, 0.25) is 0 Å². The second-order valence-electron chi connectivity index (χ2n) is 4.74. The Labute approximate surface area is 138 Å². The van der Waals surface area contributed by atoms with E-state index >= 15 is 0 Å². The summed E-state index contributed by atoms with van der Waals surface area (Å²) in [7, 11) is -3.87. The van der Waals surface area contributed by atoms with E-state index < -0.39 is 21.5 Å². The lowest BCUT2D eigenvalue weighted by Gasteiger charge is -2.33. The number of hydrogen-bond acceptors (Lipinski definition) is 4. The number of nitrogens with one attached hydrogen (secondary N) is 1. The number of carbonyl (C=O) groups is 1. The van der Waals surface area contributed by atoms with E-state index in [2.05, 4.69) is 36.6 Å². The van der Waals surface area contributed by atoms with Gasteiger partial charge in [-0.3, -0.25) is 4.79 Å². The van der Waals surface area contributed by atoms with E-state index in [1.807, 2.05) is 0 Å². The van der Waals surface area contributed by atoms with Crippen LogP contribution in [0.5, 0.6) is 0 Å². The highest BCUT2D eigenvalue weighted by Crippen LogP contribution is 2.37. The molecule has 1 aliphatic carbocycles. The quantitative estimate of drug-likeness (QED) is 0.742. The van der Waals surface area contributed by atoms with Crippen molar-refractivity contribution >= 4 is 59.2 Å². The smallest absolute Gasteiger partial charge is 0.324 e. The molecule has 0 bridgehead atoms. The van der Waals surface area contributed by atoms with E-state index in [9.17, 15) is 18.3 Å². The fourth-order valence-electron chi connectivity index (χ4n) is 2.34.